The lowest BCUT2D eigenvalue weighted by Gasteiger charge is -2.12. The fourth-order valence-electron chi connectivity index (χ4n) is 1.99. The van der Waals surface area contributed by atoms with Crippen molar-refractivity contribution in [2.75, 3.05) is 6.54 Å². The monoisotopic (exact) mass is 276 g/mol. The van der Waals surface area contributed by atoms with Gasteiger partial charge in [0.2, 0.25) is 5.91 Å². The van der Waals surface area contributed by atoms with Crippen LogP contribution in [0.5, 0.6) is 0 Å². The maximum Gasteiger partial charge on any atom is 0.244 e. The van der Waals surface area contributed by atoms with Crippen molar-refractivity contribution >= 4 is 5.91 Å². The molecule has 7 heteroatoms. The van der Waals surface area contributed by atoms with E-state index in [1.807, 2.05) is 25.5 Å². The molecule has 0 fully saturated rings. The minimum absolute atomic E-state index is 0.0276. The van der Waals surface area contributed by atoms with Gasteiger partial charge in [-0.15, -0.1) is 0 Å². The molecule has 1 unspecified atom stereocenters. The van der Waals surface area contributed by atoms with Gasteiger partial charge in [-0.2, -0.15) is 10.2 Å². The third kappa shape index (κ3) is 3.43. The molecule has 2 aromatic rings. The number of carbonyl (C=O) groups is 1. The Kier molecular flexibility index (Phi) is 4.49. The summed E-state index contributed by atoms with van der Waals surface area (Å²) in [6.07, 6.45) is 4.27. The van der Waals surface area contributed by atoms with E-state index >= 15 is 0 Å². The van der Waals surface area contributed by atoms with Gasteiger partial charge in [-0.3, -0.25) is 14.2 Å². The summed E-state index contributed by atoms with van der Waals surface area (Å²) >= 11 is 0. The first kappa shape index (κ1) is 14.2. The number of hydrogen-bond acceptors (Lipinski definition) is 4. The maximum absolute atomic E-state index is 11.9. The molecule has 1 N–H and O–H groups in total. The van der Waals surface area contributed by atoms with Gasteiger partial charge in [0.25, 0.3) is 0 Å². The Bertz CT molecular complexity index is 559. The van der Waals surface area contributed by atoms with Gasteiger partial charge < -0.3 is 5.32 Å². The van der Waals surface area contributed by atoms with Crippen LogP contribution >= 0.6 is 0 Å². The van der Waals surface area contributed by atoms with Crippen LogP contribution in [0, 0.1) is 13.8 Å². The van der Waals surface area contributed by atoms with E-state index in [4.69, 9.17) is 0 Å². The molecule has 1 amide bonds. The highest BCUT2D eigenvalue weighted by Crippen LogP contribution is 2.03. The van der Waals surface area contributed by atoms with Crippen LogP contribution in [0.3, 0.4) is 0 Å². The molecule has 0 aliphatic carbocycles. The van der Waals surface area contributed by atoms with Gasteiger partial charge in [0.1, 0.15) is 17.7 Å². The molecule has 0 aliphatic heterocycles. The van der Waals surface area contributed by atoms with Crippen LogP contribution in [0.2, 0.25) is 0 Å². The van der Waals surface area contributed by atoms with Gasteiger partial charge in [-0.1, -0.05) is 0 Å². The summed E-state index contributed by atoms with van der Waals surface area (Å²) in [5.74, 6) is 1.65. The Labute approximate surface area is 118 Å². The summed E-state index contributed by atoms with van der Waals surface area (Å²) in [6, 6.07) is 1.51. The van der Waals surface area contributed by atoms with Gasteiger partial charge in [-0.25, -0.2) is 4.98 Å². The normalized spacial score (nSPS) is 12.3. The summed E-state index contributed by atoms with van der Waals surface area (Å²) in [4.78, 5) is 16.2. The maximum atomic E-state index is 11.9. The van der Waals surface area contributed by atoms with Crippen LogP contribution in [-0.4, -0.2) is 37.0 Å². The number of amides is 1. The van der Waals surface area contributed by atoms with E-state index in [1.54, 1.807) is 23.1 Å². The van der Waals surface area contributed by atoms with Crippen molar-refractivity contribution in [2.45, 2.75) is 39.8 Å². The van der Waals surface area contributed by atoms with Crippen molar-refractivity contribution in [1.29, 1.82) is 0 Å². The third-order valence-corrected chi connectivity index (χ3v) is 3.11. The number of rotatable bonds is 6. The smallest absolute Gasteiger partial charge is 0.244 e. The molecule has 7 nitrogen and oxygen atoms in total. The van der Waals surface area contributed by atoms with E-state index < -0.39 is 0 Å². The first-order valence-corrected chi connectivity index (χ1v) is 6.73. The largest absolute Gasteiger partial charge is 0.354 e. The Morgan fingerprint density at radius 2 is 2.25 bits per heavy atom. The van der Waals surface area contributed by atoms with Crippen molar-refractivity contribution in [3.63, 3.8) is 0 Å². The van der Waals surface area contributed by atoms with Crippen LogP contribution in [0.4, 0.5) is 0 Å². The highest BCUT2D eigenvalue weighted by Gasteiger charge is 2.13. The van der Waals surface area contributed by atoms with E-state index in [2.05, 4.69) is 20.5 Å². The van der Waals surface area contributed by atoms with Crippen LogP contribution in [-0.2, 0) is 11.3 Å². The fourth-order valence-corrected chi connectivity index (χ4v) is 1.99. The average molecular weight is 276 g/mol. The summed E-state index contributed by atoms with van der Waals surface area (Å²) in [5, 5.41) is 11.2. The molecule has 0 aliphatic rings. The molecule has 2 aromatic heterocycles. The fraction of sp³-hybridized carbons (Fsp3) is 0.538. The van der Waals surface area contributed by atoms with Crippen LogP contribution < -0.4 is 5.32 Å². The molecule has 1 atom stereocenters. The topological polar surface area (TPSA) is 77.6 Å². The average Bonchev–Trinajstić information content (AvgIpc) is 3.03. The van der Waals surface area contributed by atoms with E-state index in [-0.39, 0.29) is 11.9 Å². The molecule has 0 bridgehead atoms. The zero-order chi connectivity index (χ0) is 14.5. The van der Waals surface area contributed by atoms with Gasteiger partial charge in [0.15, 0.2) is 0 Å². The SMILES string of the molecule is Cc1nc(C)n(CCCNC(=O)C(C)n2cccn2)n1. The predicted molar refractivity (Wildman–Crippen MR) is 74.1 cm³/mol. The zero-order valence-corrected chi connectivity index (χ0v) is 12.1. The first-order valence-electron chi connectivity index (χ1n) is 6.73. The number of aryl methyl sites for hydroxylation is 3. The van der Waals surface area contributed by atoms with Crippen molar-refractivity contribution in [2.24, 2.45) is 0 Å². The lowest BCUT2D eigenvalue weighted by molar-refractivity contribution is -0.124. The van der Waals surface area contributed by atoms with E-state index in [0.717, 1.165) is 24.6 Å². The second-order valence-corrected chi connectivity index (χ2v) is 4.74. The second kappa shape index (κ2) is 6.31. The molecule has 0 saturated heterocycles. The number of nitrogens with zero attached hydrogens (tertiary/aromatic N) is 5. The Morgan fingerprint density at radius 3 is 2.85 bits per heavy atom. The lowest BCUT2D eigenvalue weighted by Crippen LogP contribution is -2.32. The van der Waals surface area contributed by atoms with Crippen LogP contribution in [0.15, 0.2) is 18.5 Å². The van der Waals surface area contributed by atoms with Crippen molar-refractivity contribution in [1.82, 2.24) is 29.9 Å². The zero-order valence-electron chi connectivity index (χ0n) is 12.1. The molecular formula is C13H20N6O. The highest BCUT2D eigenvalue weighted by atomic mass is 16.2. The van der Waals surface area contributed by atoms with Crippen molar-refractivity contribution < 1.29 is 4.79 Å². The predicted octanol–water partition coefficient (Wildman–Crippen LogP) is 0.859. The van der Waals surface area contributed by atoms with Crippen LogP contribution in [0.1, 0.15) is 31.0 Å². The summed E-state index contributed by atoms with van der Waals surface area (Å²) in [7, 11) is 0. The van der Waals surface area contributed by atoms with Gasteiger partial charge in [0.05, 0.1) is 0 Å². The number of aromatic nitrogens is 5. The van der Waals surface area contributed by atoms with Gasteiger partial charge in [-0.05, 0) is 33.3 Å². The van der Waals surface area contributed by atoms with E-state index in [0.29, 0.717) is 6.54 Å². The van der Waals surface area contributed by atoms with Crippen molar-refractivity contribution in [3.05, 3.63) is 30.1 Å². The Balaban J connectivity index is 1.73. The summed E-state index contributed by atoms with van der Waals surface area (Å²) in [6.45, 7) is 6.99. The molecule has 0 aromatic carbocycles. The summed E-state index contributed by atoms with van der Waals surface area (Å²) in [5.41, 5.74) is 0. The second-order valence-electron chi connectivity index (χ2n) is 4.74. The van der Waals surface area contributed by atoms with E-state index in [9.17, 15) is 4.79 Å². The van der Waals surface area contributed by atoms with Crippen LogP contribution in [0.25, 0.3) is 0 Å². The standard InChI is InChI=1S/C13H20N6O/c1-10(18-8-5-7-15-18)13(20)14-6-4-9-19-12(3)16-11(2)17-19/h5,7-8,10H,4,6,9H2,1-3H3,(H,14,20). The molecule has 0 saturated carbocycles. The Hall–Kier alpha value is -2.18. The third-order valence-electron chi connectivity index (χ3n) is 3.11. The molecule has 2 rings (SSSR count). The molecule has 0 spiro atoms. The number of nitrogens with one attached hydrogen (secondary N) is 1. The molecule has 20 heavy (non-hydrogen) atoms. The van der Waals surface area contributed by atoms with Gasteiger partial charge >= 0.3 is 0 Å². The lowest BCUT2D eigenvalue weighted by atomic mass is 10.3. The number of hydrogen-bond donors (Lipinski definition) is 1. The Morgan fingerprint density at radius 1 is 1.45 bits per heavy atom. The van der Waals surface area contributed by atoms with Gasteiger partial charge in [0, 0.05) is 25.5 Å². The van der Waals surface area contributed by atoms with E-state index in [1.165, 1.54) is 0 Å². The summed E-state index contributed by atoms with van der Waals surface area (Å²) < 4.78 is 3.50. The highest BCUT2D eigenvalue weighted by molar-refractivity contribution is 5.79. The minimum atomic E-state index is -0.291. The first-order chi connectivity index (χ1) is 9.58. The molecule has 2 heterocycles. The minimum Gasteiger partial charge on any atom is -0.354 e. The molecule has 0 radical (unpaired) electrons. The van der Waals surface area contributed by atoms with Crippen molar-refractivity contribution in [3.8, 4) is 0 Å². The molecule has 108 valence electrons. The molecular weight excluding hydrogens is 256 g/mol. The quantitative estimate of drug-likeness (QED) is 0.794. The number of carbonyl (C=O) groups excluding carboxylic acids is 1.